The molecule has 138 valence electrons. The van der Waals surface area contributed by atoms with E-state index in [0.29, 0.717) is 13.1 Å². The number of nitrogens with two attached hydrogens (primary N) is 2. The van der Waals surface area contributed by atoms with Crippen molar-refractivity contribution in [1.82, 2.24) is 19.9 Å². The number of carbonyl (C=O) groups is 1. The number of likely N-dealkylation sites (tertiary alicyclic amines) is 1. The minimum atomic E-state index is 0.103. The van der Waals surface area contributed by atoms with Gasteiger partial charge >= 0.3 is 0 Å². The van der Waals surface area contributed by atoms with Crippen LogP contribution in [-0.4, -0.2) is 44.9 Å². The minimum absolute atomic E-state index is 0.103. The minimum Gasteiger partial charge on any atom is -0.337 e. The number of aromatic nitrogens is 3. The largest absolute Gasteiger partial charge is 0.337 e. The molecule has 1 amide bonds. The predicted molar refractivity (Wildman–Crippen MR) is 98.5 cm³/mol. The van der Waals surface area contributed by atoms with Crippen LogP contribution in [0.1, 0.15) is 52.5 Å². The summed E-state index contributed by atoms with van der Waals surface area (Å²) in [7, 11) is 0. The van der Waals surface area contributed by atoms with Gasteiger partial charge in [-0.2, -0.15) is 0 Å². The lowest BCUT2D eigenvalue weighted by atomic mass is 9.87. The van der Waals surface area contributed by atoms with Crippen LogP contribution in [0.2, 0.25) is 0 Å². The van der Waals surface area contributed by atoms with Crippen LogP contribution >= 0.6 is 0 Å². The van der Waals surface area contributed by atoms with E-state index in [0.717, 1.165) is 49.9 Å². The molecule has 1 aliphatic heterocycles. The highest BCUT2D eigenvalue weighted by molar-refractivity contribution is 5.94. The first-order chi connectivity index (χ1) is 12.6. The van der Waals surface area contributed by atoms with Crippen LogP contribution in [0.25, 0.3) is 0 Å². The van der Waals surface area contributed by atoms with Crippen LogP contribution in [-0.2, 0) is 19.4 Å². The van der Waals surface area contributed by atoms with Gasteiger partial charge in [0.05, 0.1) is 17.9 Å². The van der Waals surface area contributed by atoms with Gasteiger partial charge in [-0.3, -0.25) is 4.79 Å². The van der Waals surface area contributed by atoms with Gasteiger partial charge < -0.3 is 16.4 Å². The molecule has 1 aromatic heterocycles. The Morgan fingerprint density at radius 1 is 1.27 bits per heavy atom. The number of carbonyl (C=O) groups excluding carboxylic acids is 1. The van der Waals surface area contributed by atoms with Gasteiger partial charge in [0.2, 0.25) is 0 Å². The van der Waals surface area contributed by atoms with Crippen molar-refractivity contribution in [2.75, 3.05) is 13.1 Å². The summed E-state index contributed by atoms with van der Waals surface area (Å²) in [5.74, 6) is 0.103. The van der Waals surface area contributed by atoms with Crippen LogP contribution in [0.3, 0.4) is 0 Å². The molecule has 1 saturated heterocycles. The second-order valence-electron chi connectivity index (χ2n) is 7.43. The van der Waals surface area contributed by atoms with Crippen molar-refractivity contribution >= 4 is 5.91 Å². The fraction of sp³-hybridized carbons (Fsp3) is 0.526. The molecule has 2 atom stereocenters. The topological polar surface area (TPSA) is 103 Å². The van der Waals surface area contributed by atoms with E-state index in [9.17, 15) is 4.79 Å². The van der Waals surface area contributed by atoms with E-state index in [4.69, 9.17) is 11.5 Å². The molecule has 1 aromatic carbocycles. The Morgan fingerprint density at radius 3 is 2.96 bits per heavy atom. The summed E-state index contributed by atoms with van der Waals surface area (Å²) in [5, 5.41) is 8.25. The van der Waals surface area contributed by atoms with Gasteiger partial charge in [0.25, 0.3) is 5.91 Å². The highest BCUT2D eigenvalue weighted by atomic mass is 16.2. The average Bonchev–Trinajstić information content (AvgIpc) is 3.16. The van der Waals surface area contributed by atoms with Crippen LogP contribution < -0.4 is 11.5 Å². The Bertz CT molecular complexity index is 801. The summed E-state index contributed by atoms with van der Waals surface area (Å²) in [4.78, 5) is 15.0. The molecule has 0 radical (unpaired) electrons. The first-order valence-electron chi connectivity index (χ1n) is 9.41. The van der Waals surface area contributed by atoms with Gasteiger partial charge in [-0.1, -0.05) is 11.3 Å². The standard InChI is InChI=1S/C19H26N6O/c20-10-17-11-25(23-22-17)18-2-1-7-24(12-18)19(26)15-4-3-14-9-16(21)6-5-13(14)8-15/h3-4,8,11,16,18H,1-2,5-7,9-10,12,20-21H2. The predicted octanol–water partition coefficient (Wildman–Crippen LogP) is 1.03. The number of aryl methyl sites for hydroxylation is 1. The Morgan fingerprint density at radius 2 is 2.15 bits per heavy atom. The Kier molecular flexibility index (Phi) is 4.74. The SMILES string of the molecule is NCc1cn(C2CCCN(C(=O)c3ccc4c(c3)CCC(N)C4)C2)nn1. The average molecular weight is 354 g/mol. The van der Waals surface area contributed by atoms with Crippen molar-refractivity contribution in [3.05, 3.63) is 46.8 Å². The summed E-state index contributed by atoms with van der Waals surface area (Å²) in [6, 6.07) is 6.50. The normalized spacial score (nSPS) is 22.9. The van der Waals surface area contributed by atoms with Gasteiger partial charge in [0.15, 0.2) is 0 Å². The molecular formula is C19H26N6O. The molecule has 2 aromatic rings. The number of rotatable bonds is 3. The lowest BCUT2D eigenvalue weighted by Crippen LogP contribution is -2.41. The number of benzene rings is 1. The molecule has 2 heterocycles. The third-order valence-corrected chi connectivity index (χ3v) is 5.54. The third-order valence-electron chi connectivity index (χ3n) is 5.54. The van der Waals surface area contributed by atoms with Crippen molar-refractivity contribution in [2.45, 2.75) is 50.7 Å². The molecule has 7 heteroatoms. The van der Waals surface area contributed by atoms with Crippen molar-refractivity contribution in [3.8, 4) is 0 Å². The molecule has 2 unspecified atom stereocenters. The van der Waals surface area contributed by atoms with Gasteiger partial charge in [-0.05, 0) is 55.4 Å². The van der Waals surface area contributed by atoms with E-state index in [-0.39, 0.29) is 18.0 Å². The van der Waals surface area contributed by atoms with Crippen LogP contribution in [0, 0.1) is 0 Å². The molecule has 0 saturated carbocycles. The second-order valence-corrected chi connectivity index (χ2v) is 7.43. The molecule has 26 heavy (non-hydrogen) atoms. The van der Waals surface area contributed by atoms with Crippen LogP contribution in [0.4, 0.5) is 0 Å². The Hall–Kier alpha value is -2.25. The van der Waals surface area contributed by atoms with E-state index in [2.05, 4.69) is 22.4 Å². The molecule has 0 spiro atoms. The van der Waals surface area contributed by atoms with E-state index >= 15 is 0 Å². The zero-order valence-electron chi connectivity index (χ0n) is 15.0. The first-order valence-corrected chi connectivity index (χ1v) is 9.41. The number of nitrogens with zero attached hydrogens (tertiary/aromatic N) is 4. The van der Waals surface area contributed by atoms with Gasteiger partial charge in [0.1, 0.15) is 0 Å². The van der Waals surface area contributed by atoms with Gasteiger partial charge in [-0.15, -0.1) is 5.10 Å². The van der Waals surface area contributed by atoms with E-state index in [1.54, 1.807) is 0 Å². The quantitative estimate of drug-likeness (QED) is 0.857. The first kappa shape index (κ1) is 17.2. The summed E-state index contributed by atoms with van der Waals surface area (Å²) in [6.45, 7) is 1.83. The zero-order valence-corrected chi connectivity index (χ0v) is 15.0. The smallest absolute Gasteiger partial charge is 0.253 e. The number of fused-ring (bicyclic) bond motifs is 1. The molecule has 0 bridgehead atoms. The van der Waals surface area contributed by atoms with E-state index in [1.807, 2.05) is 21.8 Å². The van der Waals surface area contributed by atoms with Gasteiger partial charge in [0, 0.05) is 31.2 Å². The molecule has 1 aliphatic carbocycles. The summed E-state index contributed by atoms with van der Waals surface area (Å²) in [6.07, 6.45) is 6.71. The molecule has 4 N–H and O–H groups in total. The summed E-state index contributed by atoms with van der Waals surface area (Å²) < 4.78 is 1.86. The highest BCUT2D eigenvalue weighted by Crippen LogP contribution is 2.25. The lowest BCUT2D eigenvalue weighted by molar-refractivity contribution is 0.0671. The van der Waals surface area contributed by atoms with E-state index in [1.165, 1.54) is 11.1 Å². The number of piperidine rings is 1. The third kappa shape index (κ3) is 3.37. The van der Waals surface area contributed by atoms with Crippen LogP contribution in [0.15, 0.2) is 24.4 Å². The van der Waals surface area contributed by atoms with Crippen molar-refractivity contribution in [2.24, 2.45) is 11.5 Å². The Labute approximate surface area is 153 Å². The van der Waals surface area contributed by atoms with Crippen molar-refractivity contribution < 1.29 is 4.79 Å². The maximum absolute atomic E-state index is 13.0. The molecule has 2 aliphatic rings. The highest BCUT2D eigenvalue weighted by Gasteiger charge is 2.27. The fourth-order valence-electron chi connectivity index (χ4n) is 4.04. The summed E-state index contributed by atoms with van der Waals surface area (Å²) >= 11 is 0. The molecule has 1 fully saturated rings. The van der Waals surface area contributed by atoms with E-state index < -0.39 is 0 Å². The Balaban J connectivity index is 1.49. The maximum Gasteiger partial charge on any atom is 0.253 e. The molecule has 4 rings (SSSR count). The maximum atomic E-state index is 13.0. The van der Waals surface area contributed by atoms with Crippen LogP contribution in [0.5, 0.6) is 0 Å². The second kappa shape index (κ2) is 7.17. The monoisotopic (exact) mass is 354 g/mol. The lowest BCUT2D eigenvalue weighted by Gasteiger charge is -2.33. The zero-order chi connectivity index (χ0) is 18.1. The summed E-state index contributed by atoms with van der Waals surface area (Å²) in [5.41, 5.74) is 15.8. The van der Waals surface area contributed by atoms with Crippen molar-refractivity contribution in [3.63, 3.8) is 0 Å². The van der Waals surface area contributed by atoms with Gasteiger partial charge in [-0.25, -0.2) is 4.68 Å². The number of amides is 1. The number of hydrogen-bond acceptors (Lipinski definition) is 5. The fourth-order valence-corrected chi connectivity index (χ4v) is 4.04. The molecule has 7 nitrogen and oxygen atoms in total. The molecular weight excluding hydrogens is 328 g/mol. The van der Waals surface area contributed by atoms with Crippen molar-refractivity contribution in [1.29, 1.82) is 0 Å². The number of hydrogen-bond donors (Lipinski definition) is 2.